The lowest BCUT2D eigenvalue weighted by Crippen LogP contribution is -2.42. The Morgan fingerprint density at radius 1 is 1.02 bits per heavy atom. The molecule has 0 bridgehead atoms. The highest BCUT2D eigenvalue weighted by Crippen LogP contribution is 2.44. The van der Waals surface area contributed by atoms with Gasteiger partial charge in [-0.05, 0) is 45.0 Å². The third-order valence-electron chi connectivity index (χ3n) is 6.92. The molecule has 2 saturated heterocycles. The molecule has 4 heterocycles. The summed E-state index contributed by atoms with van der Waals surface area (Å²) in [6.45, 7) is 5.98. The van der Waals surface area contributed by atoms with Gasteiger partial charge in [0.05, 0.1) is 11.2 Å². The van der Waals surface area contributed by atoms with Crippen LogP contribution in [0.2, 0.25) is 0 Å². The molecule has 0 aliphatic carbocycles. The van der Waals surface area contributed by atoms with Gasteiger partial charge in [0, 0.05) is 37.1 Å². The van der Waals surface area contributed by atoms with Crippen molar-refractivity contribution in [2.24, 2.45) is 0 Å². The van der Waals surface area contributed by atoms with E-state index in [1.54, 1.807) is 18.4 Å². The fraction of sp³-hybridized carbons (Fsp3) is 0.500. The van der Waals surface area contributed by atoms with Crippen molar-refractivity contribution in [2.45, 2.75) is 56.0 Å². The molecule has 0 radical (unpaired) electrons. The fourth-order valence-corrected chi connectivity index (χ4v) is 7.14. The summed E-state index contributed by atoms with van der Waals surface area (Å²) in [6, 6.07) is 5.03. The summed E-state index contributed by atoms with van der Waals surface area (Å²) in [5.41, 5.74) is 0.931. The third kappa shape index (κ3) is 6.47. The van der Waals surface area contributed by atoms with Gasteiger partial charge in [0.25, 0.3) is 5.91 Å². The first-order valence-electron chi connectivity index (χ1n) is 13.8. The number of nitrogens with zero attached hydrogens (tertiary/aromatic N) is 5. The van der Waals surface area contributed by atoms with Crippen LogP contribution in [0.5, 0.6) is 0 Å². The highest BCUT2D eigenvalue weighted by Gasteiger charge is 2.58. The number of urea groups is 1. The van der Waals surface area contributed by atoms with Gasteiger partial charge in [0.1, 0.15) is 18.5 Å². The Kier molecular flexibility index (Phi) is 9.60. The lowest BCUT2D eigenvalue weighted by atomic mass is 10.1. The number of carbonyl (C=O) groups is 2. The number of nitrogens with one attached hydrogen (secondary N) is 3. The van der Waals surface area contributed by atoms with Gasteiger partial charge < -0.3 is 24.8 Å². The molecule has 15 nitrogen and oxygen atoms in total. The van der Waals surface area contributed by atoms with Crippen LogP contribution < -0.4 is 16.0 Å². The van der Waals surface area contributed by atoms with Crippen LogP contribution in [-0.4, -0.2) is 99.7 Å². The van der Waals surface area contributed by atoms with E-state index in [2.05, 4.69) is 30.9 Å². The van der Waals surface area contributed by atoms with E-state index in [0.29, 0.717) is 17.9 Å². The van der Waals surface area contributed by atoms with Gasteiger partial charge in [-0.1, -0.05) is 0 Å². The van der Waals surface area contributed by atoms with Gasteiger partial charge in [-0.3, -0.25) is 14.7 Å². The smallest absolute Gasteiger partial charge is 0.324 e. The molecule has 3 N–H and O–H groups in total. The number of sulfonamides is 1. The standard InChI is InChI=1S/C26H32Cl2N8O7S/c1-4-29-23(37)19-18-20(43-26(2,3)42-18)24(41-19)36-14-32-17-21(30-13-31-22(17)36)34-25(38)33-15-5-7-16(8-6-15)44(39,40)35(11-9-27)12-10-28/h5-8,13-14,18-20,24H,4,9-12H2,1-3H3,(H,29,37)(H2,30,31,33,34,38)/t18-,19+,20-,24-/m1/s1. The van der Waals surface area contributed by atoms with Crippen LogP contribution >= 0.6 is 23.2 Å². The Labute approximate surface area is 263 Å². The van der Waals surface area contributed by atoms with Crippen LogP contribution in [0.25, 0.3) is 11.2 Å². The molecule has 44 heavy (non-hydrogen) atoms. The molecule has 2 aromatic heterocycles. The maximum atomic E-state index is 12.9. The highest BCUT2D eigenvalue weighted by atomic mass is 35.5. The van der Waals surface area contributed by atoms with Gasteiger partial charge in [-0.25, -0.2) is 28.2 Å². The second kappa shape index (κ2) is 13.1. The average molecular weight is 672 g/mol. The van der Waals surface area contributed by atoms with Crippen molar-refractivity contribution in [3.63, 3.8) is 0 Å². The monoisotopic (exact) mass is 670 g/mol. The molecular weight excluding hydrogens is 639 g/mol. The van der Waals surface area contributed by atoms with E-state index in [0.717, 1.165) is 0 Å². The first-order chi connectivity index (χ1) is 21.0. The molecule has 5 rings (SSSR count). The number of aromatic nitrogens is 4. The van der Waals surface area contributed by atoms with E-state index >= 15 is 0 Å². The Balaban J connectivity index is 1.31. The number of halogens is 2. The van der Waals surface area contributed by atoms with Gasteiger partial charge in [0.15, 0.2) is 35.1 Å². The molecular formula is C26H32Cl2N8O7S. The number of anilines is 2. The Bertz CT molecular complexity index is 1620. The number of hydrogen-bond donors (Lipinski definition) is 3. The number of hydrogen-bond acceptors (Lipinski definition) is 10. The average Bonchev–Trinajstić information content (AvgIpc) is 3.64. The summed E-state index contributed by atoms with van der Waals surface area (Å²) in [4.78, 5) is 38.5. The van der Waals surface area contributed by atoms with Crippen LogP contribution in [0.4, 0.5) is 16.3 Å². The number of benzene rings is 1. The van der Waals surface area contributed by atoms with E-state index in [1.807, 2.05) is 6.92 Å². The quantitative estimate of drug-likeness (QED) is 0.257. The molecule has 2 fully saturated rings. The van der Waals surface area contributed by atoms with Crippen LogP contribution in [0, 0.1) is 0 Å². The predicted molar refractivity (Wildman–Crippen MR) is 161 cm³/mol. The Morgan fingerprint density at radius 3 is 2.36 bits per heavy atom. The fourth-order valence-electron chi connectivity index (χ4n) is 5.09. The topological polar surface area (TPSA) is 179 Å². The third-order valence-corrected chi connectivity index (χ3v) is 9.17. The number of amides is 3. The molecule has 2 aliphatic heterocycles. The highest BCUT2D eigenvalue weighted by molar-refractivity contribution is 7.89. The van der Waals surface area contributed by atoms with Crippen molar-refractivity contribution >= 4 is 67.8 Å². The van der Waals surface area contributed by atoms with Gasteiger partial charge in [-0.2, -0.15) is 4.31 Å². The largest absolute Gasteiger partial charge is 0.354 e. The number of likely N-dealkylation sites (N-methyl/N-ethyl adjacent to an activating group) is 1. The molecule has 4 atom stereocenters. The summed E-state index contributed by atoms with van der Waals surface area (Å²) in [5, 5.41) is 8.05. The first kappa shape index (κ1) is 32.3. The molecule has 0 spiro atoms. The van der Waals surface area contributed by atoms with Crippen LogP contribution in [0.3, 0.4) is 0 Å². The van der Waals surface area contributed by atoms with Gasteiger partial charge >= 0.3 is 6.03 Å². The van der Waals surface area contributed by atoms with Crippen LogP contribution in [0.15, 0.2) is 41.8 Å². The van der Waals surface area contributed by atoms with E-state index in [4.69, 9.17) is 37.4 Å². The van der Waals surface area contributed by atoms with Crippen LogP contribution in [0.1, 0.15) is 27.0 Å². The van der Waals surface area contributed by atoms with Crippen molar-refractivity contribution in [3.8, 4) is 0 Å². The number of carbonyl (C=O) groups excluding carboxylic acids is 2. The summed E-state index contributed by atoms with van der Waals surface area (Å²) in [5.74, 6) is -0.902. The Hall–Kier alpha value is -3.12. The van der Waals surface area contributed by atoms with Crippen molar-refractivity contribution in [1.82, 2.24) is 29.1 Å². The number of rotatable bonds is 11. The zero-order valence-corrected chi connectivity index (χ0v) is 26.4. The van der Waals surface area contributed by atoms with Crippen LogP contribution in [-0.2, 0) is 29.0 Å². The second-order valence-electron chi connectivity index (χ2n) is 10.3. The maximum absolute atomic E-state index is 12.9. The van der Waals surface area contributed by atoms with Gasteiger partial charge in [0.2, 0.25) is 10.0 Å². The summed E-state index contributed by atoms with van der Waals surface area (Å²) < 4.78 is 46.9. The number of alkyl halides is 2. The first-order valence-corrected chi connectivity index (χ1v) is 16.3. The SMILES string of the molecule is CCNC(=O)[C@H]1O[C@@H](n2cnc3c(NC(=O)Nc4ccc(S(=O)(=O)N(CCCl)CCCl)cc4)ncnc32)[C@@H]2OC(C)(C)O[C@@H]21. The minimum absolute atomic E-state index is 0.0348. The van der Waals surface area contributed by atoms with Crippen molar-refractivity contribution in [1.29, 1.82) is 0 Å². The predicted octanol–water partition coefficient (Wildman–Crippen LogP) is 2.49. The van der Waals surface area contributed by atoms with E-state index in [1.165, 1.54) is 41.2 Å². The zero-order chi connectivity index (χ0) is 31.6. The molecule has 0 unspecified atom stereocenters. The number of ether oxygens (including phenoxy) is 3. The summed E-state index contributed by atoms with van der Waals surface area (Å²) in [6.07, 6.45) is -0.277. The molecule has 238 valence electrons. The minimum Gasteiger partial charge on any atom is -0.354 e. The van der Waals surface area contributed by atoms with Crippen molar-refractivity contribution in [3.05, 3.63) is 36.9 Å². The maximum Gasteiger partial charge on any atom is 0.324 e. The summed E-state index contributed by atoms with van der Waals surface area (Å²) >= 11 is 11.5. The zero-order valence-electron chi connectivity index (χ0n) is 24.1. The van der Waals surface area contributed by atoms with Crippen molar-refractivity contribution < 1.29 is 32.2 Å². The van der Waals surface area contributed by atoms with Crippen molar-refractivity contribution in [2.75, 3.05) is 42.0 Å². The van der Waals surface area contributed by atoms with E-state index in [9.17, 15) is 18.0 Å². The van der Waals surface area contributed by atoms with Gasteiger partial charge in [-0.15, -0.1) is 23.2 Å². The molecule has 18 heteroatoms. The molecule has 1 aromatic carbocycles. The lowest BCUT2D eigenvalue weighted by molar-refractivity contribution is -0.197. The minimum atomic E-state index is -3.81. The number of imidazole rings is 1. The molecule has 3 aromatic rings. The Morgan fingerprint density at radius 2 is 1.70 bits per heavy atom. The van der Waals surface area contributed by atoms with E-state index in [-0.39, 0.29) is 47.0 Å². The number of fused-ring (bicyclic) bond motifs is 2. The molecule has 0 saturated carbocycles. The summed E-state index contributed by atoms with van der Waals surface area (Å²) in [7, 11) is -3.81. The normalized spacial score (nSPS) is 22.7. The molecule has 2 aliphatic rings. The lowest BCUT2D eigenvalue weighted by Gasteiger charge is -2.24. The second-order valence-corrected chi connectivity index (χ2v) is 13.0. The molecule has 3 amide bonds. The van der Waals surface area contributed by atoms with E-state index < -0.39 is 46.4 Å².